The van der Waals surface area contributed by atoms with Crippen molar-refractivity contribution in [3.8, 4) is 6.07 Å². The number of amides is 1. The van der Waals surface area contributed by atoms with Crippen LogP contribution in [0.4, 0.5) is 17.5 Å². The number of nitrogens with one attached hydrogen (secondary N) is 2. The molecule has 1 aromatic heterocycles. The molecule has 0 saturated heterocycles. The van der Waals surface area contributed by atoms with Crippen molar-refractivity contribution in [2.75, 3.05) is 16.5 Å². The van der Waals surface area contributed by atoms with Crippen LogP contribution in [0.25, 0.3) is 0 Å². The number of carbonyl (C=O) groups excluding carboxylic acids is 1. The van der Waals surface area contributed by atoms with Crippen LogP contribution >= 0.6 is 34.8 Å². The van der Waals surface area contributed by atoms with Crippen molar-refractivity contribution in [2.24, 2.45) is 0 Å². The third-order valence-electron chi connectivity index (χ3n) is 3.86. The lowest BCUT2D eigenvalue weighted by Crippen LogP contribution is -2.15. The van der Waals surface area contributed by atoms with Gasteiger partial charge in [-0.25, -0.2) is 4.98 Å². The van der Waals surface area contributed by atoms with E-state index < -0.39 is 5.91 Å². The van der Waals surface area contributed by atoms with Gasteiger partial charge in [0.1, 0.15) is 11.7 Å². The molecule has 146 valence electrons. The molecule has 29 heavy (non-hydrogen) atoms. The van der Waals surface area contributed by atoms with Crippen molar-refractivity contribution in [1.29, 1.82) is 5.26 Å². The van der Waals surface area contributed by atoms with Gasteiger partial charge in [-0.05, 0) is 42.0 Å². The average molecular weight is 447 g/mol. The molecular weight excluding hydrogens is 433 g/mol. The normalized spacial score (nSPS) is 10.3. The summed E-state index contributed by atoms with van der Waals surface area (Å²) in [6.45, 7) is 0. The molecule has 0 bridgehead atoms. The maximum Gasteiger partial charge on any atom is 0.240 e. The monoisotopic (exact) mass is 445 g/mol. The van der Waals surface area contributed by atoms with Crippen LogP contribution in [0.2, 0.25) is 10.0 Å². The van der Waals surface area contributed by atoms with Crippen LogP contribution in [0.1, 0.15) is 16.8 Å². The molecule has 3 rings (SSSR count). The van der Waals surface area contributed by atoms with Crippen LogP contribution in [0.3, 0.4) is 0 Å². The molecule has 1 heterocycles. The number of hydrogen-bond donors (Lipinski definition) is 2. The zero-order valence-corrected chi connectivity index (χ0v) is 17.2. The minimum atomic E-state index is -0.392. The maximum absolute atomic E-state index is 11.7. The lowest BCUT2D eigenvalue weighted by atomic mass is 10.1. The van der Waals surface area contributed by atoms with Gasteiger partial charge in [0.15, 0.2) is 0 Å². The Labute approximate surface area is 182 Å². The van der Waals surface area contributed by atoms with Crippen molar-refractivity contribution in [3.63, 3.8) is 0 Å². The minimum absolute atomic E-state index is 0.200. The molecule has 2 N–H and O–H groups in total. The molecule has 0 saturated carbocycles. The molecule has 2 aromatic carbocycles. The largest absolute Gasteiger partial charge is 0.324 e. The van der Waals surface area contributed by atoms with Crippen molar-refractivity contribution >= 4 is 58.2 Å². The Hall–Kier alpha value is -2.85. The van der Waals surface area contributed by atoms with E-state index >= 15 is 0 Å². The molecular formula is C20H14Cl3N5O. The minimum Gasteiger partial charge on any atom is -0.324 e. The Morgan fingerprint density at radius 1 is 1.07 bits per heavy atom. The van der Waals surface area contributed by atoms with Crippen molar-refractivity contribution < 1.29 is 4.79 Å². The second-order valence-corrected chi connectivity index (χ2v) is 7.02. The van der Waals surface area contributed by atoms with Gasteiger partial charge in [0.2, 0.25) is 11.9 Å². The zero-order valence-electron chi connectivity index (χ0n) is 14.9. The molecule has 0 aliphatic carbocycles. The number of carbonyl (C=O) groups is 1. The smallest absolute Gasteiger partial charge is 0.240 e. The number of alkyl halides is 1. The summed E-state index contributed by atoms with van der Waals surface area (Å²) in [4.78, 5) is 20.5. The van der Waals surface area contributed by atoms with E-state index in [1.807, 2.05) is 0 Å². The quantitative estimate of drug-likeness (QED) is 0.510. The Kier molecular flexibility index (Phi) is 6.89. The summed E-state index contributed by atoms with van der Waals surface area (Å²) >= 11 is 18.1. The van der Waals surface area contributed by atoms with Gasteiger partial charge >= 0.3 is 0 Å². The van der Waals surface area contributed by atoms with Crippen molar-refractivity contribution in [1.82, 2.24) is 9.97 Å². The fourth-order valence-corrected chi connectivity index (χ4v) is 3.12. The van der Waals surface area contributed by atoms with E-state index in [0.29, 0.717) is 44.8 Å². The molecule has 9 heteroatoms. The van der Waals surface area contributed by atoms with Crippen LogP contribution in [-0.2, 0) is 11.2 Å². The number of nitriles is 1. The molecule has 1 amide bonds. The first-order valence-corrected chi connectivity index (χ1v) is 9.71. The fraction of sp³-hybridized carbons (Fsp3) is 0.100. The summed E-state index contributed by atoms with van der Waals surface area (Å²) in [7, 11) is 0. The molecule has 6 nitrogen and oxygen atoms in total. The molecule has 0 aliphatic rings. The second kappa shape index (κ2) is 9.57. The van der Waals surface area contributed by atoms with Gasteiger partial charge in [0.05, 0.1) is 17.3 Å². The molecule has 0 unspecified atom stereocenters. The van der Waals surface area contributed by atoms with Gasteiger partial charge in [-0.3, -0.25) is 4.79 Å². The van der Waals surface area contributed by atoms with Gasteiger partial charge in [-0.1, -0.05) is 29.3 Å². The highest BCUT2D eigenvalue weighted by Gasteiger charge is 2.12. The summed E-state index contributed by atoms with van der Waals surface area (Å²) < 4.78 is 0. The number of nitrogens with zero attached hydrogens (tertiary/aromatic N) is 3. The second-order valence-electron chi connectivity index (χ2n) is 5.94. The zero-order chi connectivity index (χ0) is 20.8. The van der Waals surface area contributed by atoms with E-state index in [1.165, 1.54) is 0 Å². The van der Waals surface area contributed by atoms with E-state index in [4.69, 9.17) is 40.1 Å². The lowest BCUT2D eigenvalue weighted by Gasteiger charge is -2.12. The highest BCUT2D eigenvalue weighted by Crippen LogP contribution is 2.27. The molecule has 0 aliphatic heterocycles. The van der Waals surface area contributed by atoms with Crippen LogP contribution in [0.15, 0.2) is 48.5 Å². The van der Waals surface area contributed by atoms with Gasteiger partial charge in [0.25, 0.3) is 0 Å². The van der Waals surface area contributed by atoms with E-state index in [1.54, 1.807) is 48.5 Å². The fourth-order valence-electron chi connectivity index (χ4n) is 2.52. The summed E-state index contributed by atoms with van der Waals surface area (Å²) in [5.74, 6) is -0.0368. The molecule has 0 fully saturated rings. The number of aromatic nitrogens is 2. The number of hydrogen-bond acceptors (Lipinski definition) is 5. The van der Waals surface area contributed by atoms with E-state index in [-0.39, 0.29) is 11.8 Å². The summed E-state index contributed by atoms with van der Waals surface area (Å²) in [5.41, 5.74) is 2.53. The summed E-state index contributed by atoms with van der Waals surface area (Å²) in [5, 5.41) is 15.6. The van der Waals surface area contributed by atoms with Gasteiger partial charge < -0.3 is 10.6 Å². The average Bonchev–Trinajstić information content (AvgIpc) is 2.71. The third kappa shape index (κ3) is 5.58. The first-order chi connectivity index (χ1) is 14.0. The Morgan fingerprint density at radius 3 is 2.38 bits per heavy atom. The molecule has 0 radical (unpaired) electrons. The SMILES string of the molecule is N#Cc1ccc(Nc2nc(Cc3c(Cl)cccc3Cl)cc(NC(=O)CCl)n2)cc1. The summed E-state index contributed by atoms with van der Waals surface area (Å²) in [6.07, 6.45) is 0.340. The first-order valence-electron chi connectivity index (χ1n) is 8.42. The standard InChI is InChI=1S/C20H14Cl3N5O/c21-10-19(29)27-18-9-14(8-15-16(22)2-1-3-17(15)23)26-20(28-18)25-13-6-4-12(11-24)5-7-13/h1-7,9H,8,10H2,(H2,25,26,27,28,29). The predicted molar refractivity (Wildman–Crippen MR) is 115 cm³/mol. The number of benzene rings is 2. The van der Waals surface area contributed by atoms with Crippen LogP contribution < -0.4 is 10.6 Å². The van der Waals surface area contributed by atoms with Gasteiger partial charge in [-0.15, -0.1) is 11.6 Å². The van der Waals surface area contributed by atoms with Gasteiger partial charge in [-0.2, -0.15) is 10.2 Å². The Morgan fingerprint density at radius 2 is 1.76 bits per heavy atom. The summed E-state index contributed by atoms with van der Waals surface area (Å²) in [6, 6.07) is 15.8. The predicted octanol–water partition coefficient (Wildman–Crippen LogP) is 5.17. The van der Waals surface area contributed by atoms with E-state index in [0.717, 1.165) is 0 Å². The number of anilines is 3. The number of rotatable bonds is 6. The highest BCUT2D eigenvalue weighted by molar-refractivity contribution is 6.36. The topological polar surface area (TPSA) is 90.7 Å². The van der Waals surface area contributed by atoms with Crippen molar-refractivity contribution in [2.45, 2.75) is 6.42 Å². The number of halogens is 3. The molecule has 0 atom stereocenters. The van der Waals surface area contributed by atoms with E-state index in [2.05, 4.69) is 26.7 Å². The van der Waals surface area contributed by atoms with Gasteiger partial charge in [0, 0.05) is 28.2 Å². The van der Waals surface area contributed by atoms with E-state index in [9.17, 15) is 4.79 Å². The highest BCUT2D eigenvalue weighted by atomic mass is 35.5. The van der Waals surface area contributed by atoms with Crippen molar-refractivity contribution in [3.05, 3.63) is 75.4 Å². The van der Waals surface area contributed by atoms with Crippen LogP contribution in [0, 0.1) is 11.3 Å². The Balaban J connectivity index is 1.94. The lowest BCUT2D eigenvalue weighted by molar-refractivity contribution is -0.113. The molecule has 3 aromatic rings. The first kappa shape index (κ1) is 20.9. The molecule has 0 spiro atoms. The van der Waals surface area contributed by atoms with Crippen LogP contribution in [0.5, 0.6) is 0 Å². The third-order valence-corrected chi connectivity index (χ3v) is 4.81. The maximum atomic E-state index is 11.7. The van der Waals surface area contributed by atoms with Crippen LogP contribution in [-0.4, -0.2) is 21.8 Å². The Bertz CT molecular complexity index is 1060.